The van der Waals surface area contributed by atoms with Crippen LogP contribution < -0.4 is 11.0 Å². The summed E-state index contributed by atoms with van der Waals surface area (Å²) in [6.45, 7) is 1.87. The zero-order valence-electron chi connectivity index (χ0n) is 14.2. The number of nitrogens with zero attached hydrogens (tertiary/aromatic N) is 2. The van der Waals surface area contributed by atoms with Gasteiger partial charge in [-0.15, -0.1) is 22.7 Å². The van der Waals surface area contributed by atoms with Crippen LogP contribution in [0.5, 0.6) is 0 Å². The number of rotatable bonds is 4. The number of carbonyl (C=O) groups is 1. The first-order valence-electron chi connectivity index (χ1n) is 8.05. The number of thiazole rings is 1. The van der Waals surface area contributed by atoms with E-state index in [-0.39, 0.29) is 17.9 Å². The molecule has 3 heterocycles. The lowest BCUT2D eigenvalue weighted by Gasteiger charge is -2.08. The molecular weight excluding hydrogens is 400 g/mol. The summed E-state index contributed by atoms with van der Waals surface area (Å²) in [5.74, 6) is -0.303. The molecule has 4 rings (SSSR count). The van der Waals surface area contributed by atoms with E-state index in [1.54, 1.807) is 0 Å². The number of benzene rings is 1. The van der Waals surface area contributed by atoms with E-state index in [2.05, 4.69) is 15.4 Å². The van der Waals surface area contributed by atoms with Crippen LogP contribution in [0.2, 0.25) is 0 Å². The average Bonchev–Trinajstić information content (AvgIpc) is 3.21. The van der Waals surface area contributed by atoms with Crippen LogP contribution in [0.4, 0.5) is 0 Å². The fourth-order valence-electron chi connectivity index (χ4n) is 2.77. The lowest BCUT2D eigenvalue weighted by molar-refractivity contribution is -0.116. The second-order valence-corrected chi connectivity index (χ2v) is 8.52. The maximum Gasteiger partial charge on any atom is 0.281 e. The molecule has 3 aromatic heterocycles. The Bertz CT molecular complexity index is 1250. The molecule has 4 aromatic rings. The summed E-state index contributed by atoms with van der Waals surface area (Å²) in [6.07, 6.45) is 1.49. The molecule has 27 heavy (non-hydrogen) atoms. The van der Waals surface area contributed by atoms with Crippen molar-refractivity contribution >= 4 is 51.0 Å². The molecule has 0 saturated carbocycles. The van der Waals surface area contributed by atoms with Crippen molar-refractivity contribution in [1.82, 2.24) is 14.6 Å². The highest BCUT2D eigenvalue weighted by Gasteiger charge is 2.15. The summed E-state index contributed by atoms with van der Waals surface area (Å²) >= 11 is 7.86. The van der Waals surface area contributed by atoms with Crippen LogP contribution in [0.3, 0.4) is 0 Å². The first kappa shape index (κ1) is 17.8. The van der Waals surface area contributed by atoms with E-state index < -0.39 is 0 Å². The molecule has 1 amide bonds. The first-order valence-corrected chi connectivity index (χ1v) is 10.2. The zero-order valence-corrected chi connectivity index (χ0v) is 16.6. The molecule has 0 unspecified atom stereocenters. The molecular formula is C18H14N4O2S3. The zero-order chi connectivity index (χ0) is 19.0. The third kappa shape index (κ3) is 3.48. The van der Waals surface area contributed by atoms with Gasteiger partial charge in [0.2, 0.25) is 5.91 Å². The summed E-state index contributed by atoms with van der Waals surface area (Å²) in [4.78, 5) is 34.1. The van der Waals surface area contributed by atoms with E-state index in [0.717, 1.165) is 26.4 Å². The molecule has 0 radical (unpaired) electrons. The van der Waals surface area contributed by atoms with Gasteiger partial charge in [-0.3, -0.25) is 15.0 Å². The normalized spacial score (nSPS) is 11.0. The number of aryl methyl sites for hydroxylation is 1. The monoisotopic (exact) mass is 414 g/mol. The van der Waals surface area contributed by atoms with Gasteiger partial charge >= 0.3 is 0 Å². The van der Waals surface area contributed by atoms with Crippen LogP contribution in [-0.4, -0.2) is 20.6 Å². The van der Waals surface area contributed by atoms with E-state index in [0.29, 0.717) is 14.2 Å². The van der Waals surface area contributed by atoms with Crippen molar-refractivity contribution in [1.29, 1.82) is 0 Å². The van der Waals surface area contributed by atoms with Crippen molar-refractivity contribution in [3.8, 4) is 11.1 Å². The van der Waals surface area contributed by atoms with Crippen LogP contribution in [0.25, 0.3) is 21.3 Å². The molecule has 2 N–H and O–H groups in total. The average molecular weight is 415 g/mol. The van der Waals surface area contributed by atoms with E-state index in [1.165, 1.54) is 29.0 Å². The number of H-pyrrole nitrogens is 1. The standard InChI is InChI=1S/C18H14N4O2S3/c1-10-13(27-18(25)20-10)7-14(23)21-22-9-19-16-15(17(22)24)12(8-26-16)11-5-3-2-4-6-11/h2-6,8-9H,7H2,1H3,(H,20,25)(H,21,23). The molecule has 9 heteroatoms. The number of hydrogen-bond donors (Lipinski definition) is 2. The van der Waals surface area contributed by atoms with Gasteiger partial charge in [0.25, 0.3) is 5.56 Å². The highest BCUT2D eigenvalue weighted by molar-refractivity contribution is 7.73. The van der Waals surface area contributed by atoms with Gasteiger partial charge in [-0.2, -0.15) is 0 Å². The van der Waals surface area contributed by atoms with Gasteiger partial charge in [-0.1, -0.05) is 30.3 Å². The van der Waals surface area contributed by atoms with E-state index in [1.807, 2.05) is 42.6 Å². The van der Waals surface area contributed by atoms with Crippen molar-refractivity contribution in [3.63, 3.8) is 0 Å². The number of hydrogen-bond acceptors (Lipinski definition) is 6. The molecule has 0 bridgehead atoms. The highest BCUT2D eigenvalue weighted by Crippen LogP contribution is 2.30. The topological polar surface area (TPSA) is 79.8 Å². The molecule has 0 atom stereocenters. The van der Waals surface area contributed by atoms with Gasteiger partial charge in [0.1, 0.15) is 11.2 Å². The number of aromatic nitrogens is 3. The van der Waals surface area contributed by atoms with E-state index >= 15 is 0 Å². The lowest BCUT2D eigenvalue weighted by atomic mass is 10.1. The predicted octanol–water partition coefficient (Wildman–Crippen LogP) is 3.87. The van der Waals surface area contributed by atoms with E-state index in [9.17, 15) is 9.59 Å². The Kier molecular flexibility index (Phi) is 4.73. The molecule has 0 aliphatic carbocycles. The van der Waals surface area contributed by atoms with E-state index in [4.69, 9.17) is 12.2 Å². The summed E-state index contributed by atoms with van der Waals surface area (Å²) in [5, 5.41) is 2.42. The Labute approximate surface area is 167 Å². The third-order valence-corrected chi connectivity index (χ3v) is 6.29. The smallest absolute Gasteiger partial charge is 0.281 e. The lowest BCUT2D eigenvalue weighted by Crippen LogP contribution is -2.33. The van der Waals surface area contributed by atoms with Gasteiger partial charge < -0.3 is 4.98 Å². The van der Waals surface area contributed by atoms with Gasteiger partial charge in [0, 0.05) is 21.5 Å². The maximum atomic E-state index is 12.9. The Morgan fingerprint density at radius 2 is 2.11 bits per heavy atom. The minimum Gasteiger partial charge on any atom is -0.341 e. The third-order valence-electron chi connectivity index (χ3n) is 4.07. The number of aromatic amines is 1. The van der Waals surface area contributed by atoms with Crippen LogP contribution in [-0.2, 0) is 11.2 Å². The Morgan fingerprint density at radius 1 is 1.33 bits per heavy atom. The first-order chi connectivity index (χ1) is 13.0. The number of fused-ring (bicyclic) bond motifs is 1. The number of nitrogens with one attached hydrogen (secondary N) is 2. The quantitative estimate of drug-likeness (QED) is 0.497. The van der Waals surface area contributed by atoms with Crippen molar-refractivity contribution in [3.05, 3.63) is 66.9 Å². The van der Waals surface area contributed by atoms with Crippen molar-refractivity contribution in [2.24, 2.45) is 0 Å². The Hall–Kier alpha value is -2.62. The number of thiophene rings is 1. The van der Waals surface area contributed by atoms with Crippen LogP contribution in [0.1, 0.15) is 10.6 Å². The molecule has 0 saturated heterocycles. The summed E-state index contributed by atoms with van der Waals surface area (Å²) < 4.78 is 1.77. The maximum absolute atomic E-state index is 12.9. The summed E-state index contributed by atoms with van der Waals surface area (Å²) in [6, 6.07) is 9.65. The molecule has 0 fully saturated rings. The van der Waals surface area contributed by atoms with Crippen LogP contribution in [0, 0.1) is 10.9 Å². The minimum absolute atomic E-state index is 0.142. The second kappa shape index (κ2) is 7.18. The fraction of sp³-hybridized carbons (Fsp3) is 0.111. The number of carbonyl (C=O) groups excluding carboxylic acids is 1. The second-order valence-electron chi connectivity index (χ2n) is 5.89. The van der Waals surface area contributed by atoms with Gasteiger partial charge in [0.15, 0.2) is 3.95 Å². The highest BCUT2D eigenvalue weighted by atomic mass is 32.1. The Morgan fingerprint density at radius 3 is 2.81 bits per heavy atom. The minimum atomic E-state index is -0.303. The summed E-state index contributed by atoms with van der Waals surface area (Å²) in [7, 11) is 0. The molecule has 0 spiro atoms. The largest absolute Gasteiger partial charge is 0.341 e. The molecule has 0 aliphatic heterocycles. The molecule has 6 nitrogen and oxygen atoms in total. The van der Waals surface area contributed by atoms with Crippen molar-refractivity contribution < 1.29 is 4.79 Å². The fourth-order valence-corrected chi connectivity index (χ4v) is 4.96. The molecule has 1 aromatic carbocycles. The SMILES string of the molecule is Cc1[nH]c(=S)sc1CC(=O)Nn1cnc2scc(-c3ccccc3)c2c1=O. The van der Waals surface area contributed by atoms with Crippen LogP contribution in [0.15, 0.2) is 46.8 Å². The van der Waals surface area contributed by atoms with Crippen molar-refractivity contribution in [2.75, 3.05) is 5.43 Å². The van der Waals surface area contributed by atoms with Gasteiger partial charge in [-0.05, 0) is 24.7 Å². The Balaban J connectivity index is 1.67. The predicted molar refractivity (Wildman–Crippen MR) is 112 cm³/mol. The van der Waals surface area contributed by atoms with Crippen LogP contribution >= 0.6 is 34.9 Å². The van der Waals surface area contributed by atoms with Crippen molar-refractivity contribution in [2.45, 2.75) is 13.3 Å². The molecule has 0 aliphatic rings. The summed E-state index contributed by atoms with van der Waals surface area (Å²) in [5.41, 5.74) is 4.94. The van der Waals surface area contributed by atoms with Gasteiger partial charge in [0.05, 0.1) is 11.8 Å². The number of amides is 1. The molecule has 136 valence electrons. The van der Waals surface area contributed by atoms with Gasteiger partial charge in [-0.25, -0.2) is 9.66 Å².